The second-order valence-electron chi connectivity index (χ2n) is 6.92. The van der Waals surface area contributed by atoms with Gasteiger partial charge in [-0.1, -0.05) is 17.3 Å². The first kappa shape index (κ1) is 20.2. The summed E-state index contributed by atoms with van der Waals surface area (Å²) in [5.74, 6) is -0.750. The van der Waals surface area contributed by atoms with Gasteiger partial charge in [0.2, 0.25) is 0 Å². The summed E-state index contributed by atoms with van der Waals surface area (Å²) in [4.78, 5) is 39.1. The van der Waals surface area contributed by atoms with E-state index in [2.05, 4.69) is 20.0 Å². The van der Waals surface area contributed by atoms with Crippen molar-refractivity contribution in [1.82, 2.24) is 20.4 Å². The molecule has 0 saturated carbocycles. The molecule has 2 amide bonds. The molecule has 0 spiro atoms. The number of hydrogen-bond acceptors (Lipinski definition) is 6. The molecule has 0 aliphatic carbocycles. The highest BCUT2D eigenvalue weighted by Crippen LogP contribution is 2.13. The lowest BCUT2D eigenvalue weighted by Gasteiger charge is -2.26. The lowest BCUT2D eigenvalue weighted by atomic mass is 10.1. The van der Waals surface area contributed by atoms with Crippen LogP contribution in [0.15, 0.2) is 33.6 Å². The minimum absolute atomic E-state index is 0.0502. The summed E-state index contributed by atoms with van der Waals surface area (Å²) in [6.07, 6.45) is -0.381. The Morgan fingerprint density at radius 3 is 2.44 bits per heavy atom. The highest BCUT2D eigenvalue weighted by molar-refractivity contribution is 5.94. The lowest BCUT2D eigenvalue weighted by Crippen LogP contribution is -2.36. The molecule has 1 aromatic carbocycles. The average Bonchev–Trinajstić information content (AvgIpc) is 3.02. The van der Waals surface area contributed by atoms with Gasteiger partial charge in [-0.25, -0.2) is 9.59 Å². The van der Waals surface area contributed by atoms with Crippen LogP contribution in [0.4, 0.5) is 4.79 Å². The minimum Gasteiger partial charge on any atom is -0.444 e. The molecule has 2 rings (SSSR count). The van der Waals surface area contributed by atoms with Crippen LogP contribution < -0.4 is 11.1 Å². The van der Waals surface area contributed by atoms with Crippen LogP contribution in [0, 0.1) is 0 Å². The molecule has 9 heteroatoms. The molecule has 9 nitrogen and oxygen atoms in total. The number of hydrogen-bond donors (Lipinski definition) is 2. The van der Waals surface area contributed by atoms with Gasteiger partial charge in [0.05, 0.1) is 6.54 Å². The first-order chi connectivity index (χ1) is 12.7. The van der Waals surface area contributed by atoms with Crippen molar-refractivity contribution in [2.75, 3.05) is 6.54 Å². The van der Waals surface area contributed by atoms with E-state index < -0.39 is 11.4 Å². The van der Waals surface area contributed by atoms with E-state index in [4.69, 9.17) is 4.74 Å². The lowest BCUT2D eigenvalue weighted by molar-refractivity contribution is 0.0244. The Morgan fingerprint density at radius 2 is 1.93 bits per heavy atom. The maximum atomic E-state index is 12.2. The normalized spacial score (nSPS) is 11.1. The highest BCUT2D eigenvalue weighted by atomic mass is 16.6. The molecule has 0 aliphatic heterocycles. The number of nitrogens with one attached hydrogen (secondary N) is 2. The van der Waals surface area contributed by atoms with Crippen molar-refractivity contribution in [2.45, 2.75) is 46.4 Å². The zero-order valence-electron chi connectivity index (χ0n) is 15.9. The van der Waals surface area contributed by atoms with E-state index in [0.29, 0.717) is 18.7 Å². The molecule has 0 bridgehead atoms. The predicted molar refractivity (Wildman–Crippen MR) is 97.1 cm³/mol. The van der Waals surface area contributed by atoms with Crippen LogP contribution in [0.3, 0.4) is 0 Å². The summed E-state index contributed by atoms with van der Waals surface area (Å²) < 4.78 is 9.75. The van der Waals surface area contributed by atoms with E-state index in [-0.39, 0.29) is 24.4 Å². The third-order valence-corrected chi connectivity index (χ3v) is 3.52. The standard InChI is InChI=1S/C18H24N4O5/c1-5-22(17(25)26-18(2,3)4)11-12-6-8-13(9-7-12)15(23)19-10-14-20-16(24)27-21-14/h6-9H,5,10-11H2,1-4H3,(H,19,23)(H,20,21,24). The molecule has 2 N–H and O–H groups in total. The average molecular weight is 376 g/mol. The first-order valence-corrected chi connectivity index (χ1v) is 8.58. The van der Waals surface area contributed by atoms with E-state index in [0.717, 1.165) is 5.56 Å². The van der Waals surface area contributed by atoms with Crippen LogP contribution in [0.1, 0.15) is 49.4 Å². The zero-order valence-corrected chi connectivity index (χ0v) is 15.9. The number of ether oxygens (including phenoxy) is 1. The molecule has 0 radical (unpaired) electrons. The van der Waals surface area contributed by atoms with Crippen LogP contribution in [0.5, 0.6) is 0 Å². The molecule has 1 heterocycles. The topological polar surface area (TPSA) is 118 Å². The number of rotatable bonds is 6. The Bertz CT molecular complexity index is 832. The second kappa shape index (κ2) is 8.52. The number of benzene rings is 1. The molecule has 0 aliphatic rings. The largest absolute Gasteiger partial charge is 0.444 e. The third kappa shape index (κ3) is 6.28. The van der Waals surface area contributed by atoms with Crippen LogP contribution >= 0.6 is 0 Å². The summed E-state index contributed by atoms with van der Waals surface area (Å²) in [6.45, 7) is 8.28. The van der Waals surface area contributed by atoms with Gasteiger partial charge in [-0.2, -0.15) is 0 Å². The van der Waals surface area contributed by atoms with E-state index in [9.17, 15) is 14.4 Å². The number of amides is 2. The van der Waals surface area contributed by atoms with Crippen molar-refractivity contribution in [3.8, 4) is 0 Å². The zero-order chi connectivity index (χ0) is 20.0. The van der Waals surface area contributed by atoms with Crippen molar-refractivity contribution in [2.24, 2.45) is 0 Å². The SMILES string of the molecule is CCN(Cc1ccc(C(=O)NCc2noc(=O)[nH]2)cc1)C(=O)OC(C)(C)C. The van der Waals surface area contributed by atoms with Crippen molar-refractivity contribution in [3.63, 3.8) is 0 Å². The number of aromatic amines is 1. The fraction of sp³-hybridized carbons (Fsp3) is 0.444. The van der Waals surface area contributed by atoms with E-state index in [1.165, 1.54) is 0 Å². The summed E-state index contributed by atoms with van der Waals surface area (Å²) >= 11 is 0. The molecule has 1 aromatic heterocycles. The summed E-state index contributed by atoms with van der Waals surface area (Å²) in [5.41, 5.74) is 0.769. The van der Waals surface area contributed by atoms with Gasteiger partial charge in [0.15, 0.2) is 5.82 Å². The van der Waals surface area contributed by atoms with Gasteiger partial charge >= 0.3 is 11.8 Å². The molecule has 0 unspecified atom stereocenters. The van der Waals surface area contributed by atoms with E-state index >= 15 is 0 Å². The van der Waals surface area contributed by atoms with E-state index in [1.807, 2.05) is 27.7 Å². The number of carbonyl (C=O) groups excluding carboxylic acids is 2. The Kier molecular flexibility index (Phi) is 6.38. The Labute approximate surface area is 156 Å². The highest BCUT2D eigenvalue weighted by Gasteiger charge is 2.21. The van der Waals surface area contributed by atoms with Gasteiger partial charge in [0.1, 0.15) is 5.60 Å². The van der Waals surface area contributed by atoms with E-state index in [1.54, 1.807) is 29.2 Å². The molecule has 0 atom stereocenters. The van der Waals surface area contributed by atoms with Gasteiger partial charge in [-0.05, 0) is 45.4 Å². The Balaban J connectivity index is 1.94. The molecule has 0 saturated heterocycles. The Morgan fingerprint density at radius 1 is 1.26 bits per heavy atom. The molecular formula is C18H24N4O5. The number of carbonyl (C=O) groups is 2. The number of H-pyrrole nitrogens is 1. The third-order valence-electron chi connectivity index (χ3n) is 3.52. The quantitative estimate of drug-likeness (QED) is 0.797. The number of nitrogens with zero attached hydrogens (tertiary/aromatic N) is 2. The fourth-order valence-corrected chi connectivity index (χ4v) is 2.22. The Hall–Kier alpha value is -3.10. The summed E-state index contributed by atoms with van der Waals surface area (Å²) in [5, 5.41) is 6.10. The molecular weight excluding hydrogens is 352 g/mol. The van der Waals surface area contributed by atoms with Gasteiger partial charge in [0, 0.05) is 18.7 Å². The van der Waals surface area contributed by atoms with Crippen molar-refractivity contribution >= 4 is 12.0 Å². The predicted octanol–water partition coefficient (Wildman–Crippen LogP) is 2.05. The maximum Gasteiger partial charge on any atom is 0.438 e. The van der Waals surface area contributed by atoms with Gasteiger partial charge in [0.25, 0.3) is 5.91 Å². The second-order valence-corrected chi connectivity index (χ2v) is 6.92. The van der Waals surface area contributed by atoms with Crippen LogP contribution in [-0.4, -0.2) is 39.2 Å². The molecule has 27 heavy (non-hydrogen) atoms. The molecule has 0 fully saturated rings. The summed E-state index contributed by atoms with van der Waals surface area (Å²) in [6, 6.07) is 6.89. The van der Waals surface area contributed by atoms with Crippen molar-refractivity contribution in [1.29, 1.82) is 0 Å². The van der Waals surface area contributed by atoms with Crippen molar-refractivity contribution < 1.29 is 18.8 Å². The van der Waals surface area contributed by atoms with Crippen molar-refractivity contribution in [3.05, 3.63) is 51.8 Å². The maximum absolute atomic E-state index is 12.2. The van der Waals surface area contributed by atoms with Crippen LogP contribution in [-0.2, 0) is 17.8 Å². The smallest absolute Gasteiger partial charge is 0.438 e. The van der Waals surface area contributed by atoms with Crippen LogP contribution in [0.2, 0.25) is 0 Å². The fourth-order valence-electron chi connectivity index (χ4n) is 2.22. The molecule has 2 aromatic rings. The summed E-state index contributed by atoms with van der Waals surface area (Å²) in [7, 11) is 0. The molecule has 146 valence electrons. The number of aromatic nitrogens is 2. The van der Waals surface area contributed by atoms with Gasteiger partial charge < -0.3 is 15.0 Å². The van der Waals surface area contributed by atoms with Gasteiger partial charge in [-0.3, -0.25) is 14.3 Å². The van der Waals surface area contributed by atoms with Gasteiger partial charge in [-0.15, -0.1) is 0 Å². The minimum atomic E-state index is -0.672. The first-order valence-electron chi connectivity index (χ1n) is 8.58. The monoisotopic (exact) mass is 376 g/mol. The van der Waals surface area contributed by atoms with Crippen LogP contribution in [0.25, 0.3) is 0 Å².